The zero-order valence-electron chi connectivity index (χ0n) is 11.5. The molecule has 1 N–H and O–H groups in total. The van der Waals surface area contributed by atoms with Crippen molar-refractivity contribution in [2.75, 3.05) is 18.5 Å². The fourth-order valence-corrected chi connectivity index (χ4v) is 2.70. The summed E-state index contributed by atoms with van der Waals surface area (Å²) in [6.45, 7) is 4.89. The van der Waals surface area contributed by atoms with Gasteiger partial charge in [-0.2, -0.15) is 5.10 Å². The summed E-state index contributed by atoms with van der Waals surface area (Å²) in [6.07, 6.45) is 1.35. The van der Waals surface area contributed by atoms with E-state index in [1.54, 1.807) is 11.6 Å². The lowest BCUT2D eigenvalue weighted by atomic mass is 9.82. The Bertz CT molecular complexity index is 480. The van der Waals surface area contributed by atoms with E-state index in [9.17, 15) is 15.2 Å². The molecule has 1 aromatic heterocycles. The summed E-state index contributed by atoms with van der Waals surface area (Å²) in [5.74, 6) is 0.964. The summed E-state index contributed by atoms with van der Waals surface area (Å²) in [4.78, 5) is 12.7. The molecule has 0 saturated heterocycles. The van der Waals surface area contributed by atoms with E-state index in [1.165, 1.54) is 0 Å². The van der Waals surface area contributed by atoms with Crippen LogP contribution >= 0.6 is 0 Å². The van der Waals surface area contributed by atoms with Gasteiger partial charge in [0.1, 0.15) is 5.69 Å². The molecular weight excluding hydrogens is 248 g/mol. The van der Waals surface area contributed by atoms with Crippen molar-refractivity contribution in [1.82, 2.24) is 9.78 Å². The SMILES string of the molecule is CCn1nc(C)c([N+](=O)[O-])c1N(C)CC1CC(O)C1. The molecule has 7 nitrogen and oxygen atoms in total. The molecule has 0 unspecified atom stereocenters. The van der Waals surface area contributed by atoms with Crippen LogP contribution in [0.2, 0.25) is 0 Å². The highest BCUT2D eigenvalue weighted by Gasteiger charge is 2.32. The third-order valence-electron chi connectivity index (χ3n) is 3.66. The Morgan fingerprint density at radius 3 is 2.68 bits per heavy atom. The fraction of sp³-hybridized carbons (Fsp3) is 0.750. The summed E-state index contributed by atoms with van der Waals surface area (Å²) >= 11 is 0. The standard InChI is InChI=1S/C12H20N4O3/c1-4-15-12(11(16(18)19)8(2)13-15)14(3)7-9-5-10(17)6-9/h9-10,17H,4-7H2,1-3H3. The van der Waals surface area contributed by atoms with E-state index in [1.807, 2.05) is 18.9 Å². The van der Waals surface area contributed by atoms with Gasteiger partial charge in [-0.1, -0.05) is 0 Å². The molecule has 1 aliphatic rings. The van der Waals surface area contributed by atoms with Gasteiger partial charge in [0.2, 0.25) is 5.82 Å². The second-order valence-electron chi connectivity index (χ2n) is 5.20. The van der Waals surface area contributed by atoms with Crippen molar-refractivity contribution in [3.8, 4) is 0 Å². The second-order valence-corrected chi connectivity index (χ2v) is 5.20. The number of nitrogens with zero attached hydrogens (tertiary/aromatic N) is 4. The Morgan fingerprint density at radius 2 is 2.21 bits per heavy atom. The summed E-state index contributed by atoms with van der Waals surface area (Å²) < 4.78 is 1.67. The van der Waals surface area contributed by atoms with Crippen LogP contribution in [0.1, 0.15) is 25.5 Å². The number of nitro groups is 1. The number of aliphatic hydroxyl groups is 1. The third kappa shape index (κ3) is 2.56. The number of aromatic nitrogens is 2. The van der Waals surface area contributed by atoms with Crippen LogP contribution in [-0.4, -0.2) is 39.5 Å². The number of aryl methyl sites for hydroxylation is 2. The van der Waals surface area contributed by atoms with Gasteiger partial charge in [-0.25, -0.2) is 4.68 Å². The molecule has 1 aliphatic carbocycles. The maximum atomic E-state index is 11.2. The lowest BCUT2D eigenvalue weighted by Gasteiger charge is -2.34. The second kappa shape index (κ2) is 5.16. The summed E-state index contributed by atoms with van der Waals surface area (Å²) in [5, 5.41) is 24.7. The maximum Gasteiger partial charge on any atom is 0.333 e. The summed E-state index contributed by atoms with van der Waals surface area (Å²) in [7, 11) is 1.85. The fourth-order valence-electron chi connectivity index (χ4n) is 2.70. The topological polar surface area (TPSA) is 84.4 Å². The highest BCUT2D eigenvalue weighted by atomic mass is 16.6. The minimum Gasteiger partial charge on any atom is -0.393 e. The smallest absolute Gasteiger partial charge is 0.333 e. The van der Waals surface area contributed by atoms with Crippen LogP contribution in [0.15, 0.2) is 0 Å². The molecule has 1 fully saturated rings. The molecule has 1 saturated carbocycles. The minimum atomic E-state index is -0.365. The quantitative estimate of drug-likeness (QED) is 0.643. The predicted molar refractivity (Wildman–Crippen MR) is 71.3 cm³/mol. The molecule has 0 atom stereocenters. The molecule has 106 valence electrons. The Balaban J connectivity index is 2.23. The molecule has 0 amide bonds. The predicted octanol–water partition coefficient (Wildman–Crippen LogP) is 1.33. The van der Waals surface area contributed by atoms with E-state index in [0.29, 0.717) is 30.5 Å². The molecule has 0 radical (unpaired) electrons. The van der Waals surface area contributed by atoms with Gasteiger partial charge in [-0.05, 0) is 32.6 Å². The monoisotopic (exact) mass is 268 g/mol. The normalized spacial score (nSPS) is 22.1. The van der Waals surface area contributed by atoms with E-state index in [2.05, 4.69) is 5.10 Å². The van der Waals surface area contributed by atoms with Crippen LogP contribution in [0.5, 0.6) is 0 Å². The van der Waals surface area contributed by atoms with Crippen LogP contribution in [-0.2, 0) is 6.54 Å². The summed E-state index contributed by atoms with van der Waals surface area (Å²) in [6, 6.07) is 0. The van der Waals surface area contributed by atoms with Crippen molar-refractivity contribution in [3.05, 3.63) is 15.8 Å². The third-order valence-corrected chi connectivity index (χ3v) is 3.66. The number of rotatable bonds is 5. The van der Waals surface area contributed by atoms with E-state index >= 15 is 0 Å². The Kier molecular flexibility index (Phi) is 3.75. The van der Waals surface area contributed by atoms with Crippen LogP contribution < -0.4 is 4.90 Å². The maximum absolute atomic E-state index is 11.2. The van der Waals surface area contributed by atoms with Crippen molar-refractivity contribution in [1.29, 1.82) is 0 Å². The Labute approximate surface area is 112 Å². The van der Waals surface area contributed by atoms with Crippen molar-refractivity contribution in [2.45, 2.75) is 39.3 Å². The van der Waals surface area contributed by atoms with Crippen LogP contribution in [0.25, 0.3) is 0 Å². The van der Waals surface area contributed by atoms with Crippen LogP contribution in [0, 0.1) is 23.0 Å². The average molecular weight is 268 g/mol. The van der Waals surface area contributed by atoms with Gasteiger partial charge in [-0.15, -0.1) is 0 Å². The lowest BCUT2D eigenvalue weighted by molar-refractivity contribution is -0.384. The van der Waals surface area contributed by atoms with Gasteiger partial charge in [0.05, 0.1) is 11.0 Å². The molecule has 7 heteroatoms. The first-order valence-corrected chi connectivity index (χ1v) is 6.55. The zero-order chi connectivity index (χ0) is 14.2. The van der Waals surface area contributed by atoms with Crippen molar-refractivity contribution in [3.63, 3.8) is 0 Å². The molecule has 2 rings (SSSR count). The van der Waals surface area contributed by atoms with Crippen molar-refractivity contribution in [2.24, 2.45) is 5.92 Å². The number of anilines is 1. The van der Waals surface area contributed by atoms with Gasteiger partial charge in [0, 0.05) is 20.1 Å². The van der Waals surface area contributed by atoms with Gasteiger partial charge in [0.25, 0.3) is 0 Å². The Morgan fingerprint density at radius 1 is 1.58 bits per heavy atom. The van der Waals surface area contributed by atoms with Crippen LogP contribution in [0.3, 0.4) is 0 Å². The molecular formula is C12H20N4O3. The van der Waals surface area contributed by atoms with Crippen molar-refractivity contribution < 1.29 is 10.0 Å². The van der Waals surface area contributed by atoms with Gasteiger partial charge < -0.3 is 10.0 Å². The first kappa shape index (κ1) is 13.8. The first-order valence-electron chi connectivity index (χ1n) is 6.55. The number of aliphatic hydroxyl groups excluding tert-OH is 1. The van der Waals surface area contributed by atoms with Crippen LogP contribution in [0.4, 0.5) is 11.5 Å². The molecule has 0 aliphatic heterocycles. The average Bonchev–Trinajstić information content (AvgIpc) is 2.64. The highest BCUT2D eigenvalue weighted by Crippen LogP contribution is 2.34. The Hall–Kier alpha value is -1.63. The molecule has 1 heterocycles. The molecule has 0 aromatic carbocycles. The van der Waals surface area contributed by atoms with E-state index < -0.39 is 0 Å². The van der Waals surface area contributed by atoms with Gasteiger partial charge in [0.15, 0.2) is 0 Å². The summed E-state index contributed by atoms with van der Waals surface area (Å²) in [5.41, 5.74) is 0.534. The van der Waals surface area contributed by atoms with Gasteiger partial charge >= 0.3 is 5.69 Å². The molecule has 0 bridgehead atoms. The van der Waals surface area contributed by atoms with E-state index in [-0.39, 0.29) is 16.7 Å². The molecule has 19 heavy (non-hydrogen) atoms. The minimum absolute atomic E-state index is 0.0872. The number of hydrogen-bond donors (Lipinski definition) is 1. The highest BCUT2D eigenvalue weighted by molar-refractivity contribution is 5.61. The van der Waals surface area contributed by atoms with Gasteiger partial charge in [-0.3, -0.25) is 10.1 Å². The number of hydrogen-bond acceptors (Lipinski definition) is 5. The van der Waals surface area contributed by atoms with Crippen molar-refractivity contribution >= 4 is 11.5 Å². The molecule has 0 spiro atoms. The first-order chi connectivity index (χ1) is 8.93. The van der Waals surface area contributed by atoms with E-state index in [0.717, 1.165) is 12.8 Å². The largest absolute Gasteiger partial charge is 0.393 e. The molecule has 1 aromatic rings. The van der Waals surface area contributed by atoms with E-state index in [4.69, 9.17) is 0 Å². The lowest BCUT2D eigenvalue weighted by Crippen LogP contribution is -2.37. The zero-order valence-corrected chi connectivity index (χ0v) is 11.5.